The summed E-state index contributed by atoms with van der Waals surface area (Å²) in [6, 6.07) is 0. The van der Waals surface area contributed by atoms with Crippen molar-refractivity contribution in [1.29, 1.82) is 0 Å². The molecule has 0 amide bonds. The summed E-state index contributed by atoms with van der Waals surface area (Å²) in [4.78, 5) is 0. The zero-order valence-electron chi connectivity index (χ0n) is 7.29. The van der Waals surface area contributed by atoms with Gasteiger partial charge in [-0.3, -0.25) is 0 Å². The van der Waals surface area contributed by atoms with E-state index in [4.69, 9.17) is 0 Å². The van der Waals surface area contributed by atoms with Crippen LogP contribution in [-0.4, -0.2) is 29.5 Å². The quantitative estimate of drug-likeness (QED) is 0.640. The Hall–Kier alpha value is -1.10. The van der Waals surface area contributed by atoms with Gasteiger partial charge in [0.05, 0.1) is 6.21 Å². The molecular formula is C7H13FN4. The van der Waals surface area contributed by atoms with Gasteiger partial charge in [-0.25, -0.2) is 5.43 Å². The second kappa shape index (κ2) is 4.06. The zero-order valence-corrected chi connectivity index (χ0v) is 7.29. The van der Waals surface area contributed by atoms with Crippen molar-refractivity contribution >= 4 is 6.21 Å². The van der Waals surface area contributed by atoms with E-state index in [-0.39, 0.29) is 0 Å². The van der Waals surface area contributed by atoms with Gasteiger partial charge in [0.25, 0.3) is 0 Å². The maximum atomic E-state index is 12.7. The fourth-order valence-corrected chi connectivity index (χ4v) is 0.959. The van der Waals surface area contributed by atoms with E-state index in [1.54, 1.807) is 0 Å². The first kappa shape index (κ1) is 8.99. The van der Waals surface area contributed by atoms with Gasteiger partial charge in [0.15, 0.2) is 0 Å². The summed E-state index contributed by atoms with van der Waals surface area (Å²) >= 11 is 0. The first-order valence-corrected chi connectivity index (χ1v) is 3.99. The van der Waals surface area contributed by atoms with Crippen LogP contribution in [0.5, 0.6) is 0 Å². The summed E-state index contributed by atoms with van der Waals surface area (Å²) in [5.74, 6) is -0.392. The highest BCUT2D eigenvalue weighted by molar-refractivity contribution is 5.71. The van der Waals surface area contributed by atoms with Crippen LogP contribution in [-0.2, 0) is 0 Å². The van der Waals surface area contributed by atoms with Gasteiger partial charge in [-0.2, -0.15) is 9.40 Å². The molecule has 0 saturated heterocycles. The summed E-state index contributed by atoms with van der Waals surface area (Å²) in [6.45, 7) is 5.54. The second-order valence-corrected chi connectivity index (χ2v) is 2.32. The molecule has 0 aromatic heterocycles. The lowest BCUT2D eigenvalue weighted by Gasteiger charge is -2.31. The number of hydrazine groups is 2. The van der Waals surface area contributed by atoms with Gasteiger partial charge in [-0.05, 0) is 0 Å². The molecule has 4 nitrogen and oxygen atoms in total. The number of allylic oxidation sites excluding steroid dienone is 1. The fourth-order valence-electron chi connectivity index (χ4n) is 0.959. The molecule has 0 radical (unpaired) electrons. The monoisotopic (exact) mass is 172 g/mol. The van der Waals surface area contributed by atoms with Crippen LogP contribution in [0.3, 0.4) is 0 Å². The van der Waals surface area contributed by atoms with E-state index in [2.05, 4.69) is 10.5 Å². The molecule has 5 heteroatoms. The number of nitrogens with zero attached hydrogens (tertiary/aromatic N) is 3. The summed E-state index contributed by atoms with van der Waals surface area (Å²) < 4.78 is 12.7. The van der Waals surface area contributed by atoms with Crippen LogP contribution in [0.1, 0.15) is 13.8 Å². The third-order valence-electron chi connectivity index (χ3n) is 1.60. The fraction of sp³-hybridized carbons (Fsp3) is 0.571. The third kappa shape index (κ3) is 1.94. The van der Waals surface area contributed by atoms with Crippen molar-refractivity contribution in [3.05, 3.63) is 12.0 Å². The van der Waals surface area contributed by atoms with Gasteiger partial charge >= 0.3 is 0 Å². The van der Waals surface area contributed by atoms with Crippen LogP contribution in [0.2, 0.25) is 0 Å². The van der Waals surface area contributed by atoms with E-state index in [1.165, 1.54) is 17.5 Å². The Balaban J connectivity index is 2.54. The molecule has 0 aromatic carbocycles. The Morgan fingerprint density at radius 2 is 2.25 bits per heavy atom. The van der Waals surface area contributed by atoms with Crippen molar-refractivity contribution in [3.8, 4) is 0 Å². The Kier molecular flexibility index (Phi) is 3.04. The number of hydrazone groups is 1. The van der Waals surface area contributed by atoms with Gasteiger partial charge in [-0.15, -0.1) is 10.3 Å². The van der Waals surface area contributed by atoms with Crippen LogP contribution in [0, 0.1) is 0 Å². The Bertz CT molecular complexity index is 198. The topological polar surface area (TPSA) is 30.9 Å². The number of rotatable bonds is 3. The molecule has 68 valence electrons. The summed E-state index contributed by atoms with van der Waals surface area (Å²) in [5, 5.41) is 7.19. The molecule has 12 heavy (non-hydrogen) atoms. The maximum absolute atomic E-state index is 12.7. The molecule has 1 heterocycles. The molecule has 0 aromatic rings. The number of nitrogens with one attached hydrogen (secondary N) is 1. The first-order chi connectivity index (χ1) is 5.77. The minimum Gasteiger partial charge on any atom is -0.242 e. The Labute approximate surface area is 71.3 Å². The van der Waals surface area contributed by atoms with Gasteiger partial charge in [-0.1, -0.05) is 13.8 Å². The van der Waals surface area contributed by atoms with E-state index >= 15 is 0 Å². The molecular weight excluding hydrogens is 159 g/mol. The predicted molar refractivity (Wildman–Crippen MR) is 45.6 cm³/mol. The van der Waals surface area contributed by atoms with E-state index in [1.807, 2.05) is 18.9 Å². The molecule has 0 fully saturated rings. The number of hydrogen-bond donors (Lipinski definition) is 1. The molecule has 1 rings (SSSR count). The van der Waals surface area contributed by atoms with Gasteiger partial charge in [0.1, 0.15) is 0 Å². The zero-order chi connectivity index (χ0) is 8.97. The second-order valence-electron chi connectivity index (χ2n) is 2.32. The Morgan fingerprint density at radius 1 is 1.58 bits per heavy atom. The van der Waals surface area contributed by atoms with Crippen LogP contribution < -0.4 is 5.43 Å². The minimum atomic E-state index is -0.392. The van der Waals surface area contributed by atoms with Crippen molar-refractivity contribution in [2.24, 2.45) is 5.10 Å². The van der Waals surface area contributed by atoms with Crippen LogP contribution in [0.25, 0.3) is 0 Å². The molecule has 1 aliphatic rings. The molecule has 0 aliphatic carbocycles. The smallest absolute Gasteiger partial charge is 0.209 e. The van der Waals surface area contributed by atoms with E-state index in [0.717, 1.165) is 13.1 Å². The molecule has 0 saturated carbocycles. The molecule has 0 bridgehead atoms. The highest BCUT2D eigenvalue weighted by Gasteiger charge is 2.12. The van der Waals surface area contributed by atoms with Crippen molar-refractivity contribution in [2.45, 2.75) is 13.8 Å². The third-order valence-corrected chi connectivity index (χ3v) is 1.60. The minimum absolute atomic E-state index is 0.392. The maximum Gasteiger partial charge on any atom is 0.209 e. The Morgan fingerprint density at radius 3 is 2.75 bits per heavy atom. The summed E-state index contributed by atoms with van der Waals surface area (Å²) in [7, 11) is 0. The number of halogens is 1. The van der Waals surface area contributed by atoms with Crippen molar-refractivity contribution < 1.29 is 4.39 Å². The summed E-state index contributed by atoms with van der Waals surface area (Å²) in [5.41, 5.74) is 2.47. The van der Waals surface area contributed by atoms with E-state index in [9.17, 15) is 4.39 Å². The van der Waals surface area contributed by atoms with E-state index < -0.39 is 5.95 Å². The SMILES string of the molecule is CCN(CC)N1N=CC=C(F)N1. The molecule has 1 N–H and O–H groups in total. The lowest BCUT2D eigenvalue weighted by molar-refractivity contribution is -0.0587. The van der Waals surface area contributed by atoms with Crippen LogP contribution in [0.4, 0.5) is 4.39 Å². The molecule has 0 unspecified atom stereocenters. The highest BCUT2D eigenvalue weighted by Crippen LogP contribution is 2.02. The van der Waals surface area contributed by atoms with Crippen LogP contribution >= 0.6 is 0 Å². The van der Waals surface area contributed by atoms with Crippen molar-refractivity contribution in [3.63, 3.8) is 0 Å². The van der Waals surface area contributed by atoms with Crippen LogP contribution in [0.15, 0.2) is 17.1 Å². The lowest BCUT2D eigenvalue weighted by atomic mass is 10.6. The average Bonchev–Trinajstić information content (AvgIpc) is 2.07. The summed E-state index contributed by atoms with van der Waals surface area (Å²) in [6.07, 6.45) is 2.70. The van der Waals surface area contributed by atoms with Crippen molar-refractivity contribution in [1.82, 2.24) is 15.7 Å². The lowest BCUT2D eigenvalue weighted by Crippen LogP contribution is -2.47. The standard InChI is InChI=1S/C7H13FN4/c1-3-11(4-2)12-9-6-5-7(8)10-12/h5-6,10H,3-4H2,1-2H3. The van der Waals surface area contributed by atoms with Gasteiger partial charge < -0.3 is 0 Å². The average molecular weight is 172 g/mol. The number of hydrogen-bond acceptors (Lipinski definition) is 4. The van der Waals surface area contributed by atoms with Crippen molar-refractivity contribution in [2.75, 3.05) is 13.1 Å². The predicted octanol–water partition coefficient (Wildman–Crippen LogP) is 0.860. The van der Waals surface area contributed by atoms with Gasteiger partial charge in [0, 0.05) is 19.2 Å². The van der Waals surface area contributed by atoms with Gasteiger partial charge in [0.2, 0.25) is 5.95 Å². The largest absolute Gasteiger partial charge is 0.242 e. The molecule has 0 spiro atoms. The molecule has 1 aliphatic heterocycles. The molecule has 0 atom stereocenters. The highest BCUT2D eigenvalue weighted by atomic mass is 19.1. The first-order valence-electron chi connectivity index (χ1n) is 3.99. The van der Waals surface area contributed by atoms with E-state index in [0.29, 0.717) is 0 Å². The normalized spacial score (nSPS) is 16.3.